The lowest BCUT2D eigenvalue weighted by atomic mass is 10.1. The molecule has 0 heterocycles. The second-order valence-electron chi connectivity index (χ2n) is 5.28. The zero-order chi connectivity index (χ0) is 15.1. The highest BCUT2D eigenvalue weighted by Crippen LogP contribution is 2.18. The molecule has 1 rings (SSSR count). The van der Waals surface area contributed by atoms with Crippen LogP contribution in [0.1, 0.15) is 39.2 Å². The Labute approximate surface area is 122 Å². The Morgan fingerprint density at radius 1 is 1.30 bits per heavy atom. The monoisotopic (exact) mass is 277 g/mol. The van der Waals surface area contributed by atoms with Gasteiger partial charge in [-0.3, -0.25) is 9.69 Å². The van der Waals surface area contributed by atoms with Crippen LogP contribution in [0.3, 0.4) is 0 Å². The number of aryl methyl sites for hydroxylation is 1. The van der Waals surface area contributed by atoms with Crippen LogP contribution < -0.4 is 11.1 Å². The molecule has 20 heavy (non-hydrogen) atoms. The lowest BCUT2D eigenvalue weighted by molar-refractivity contribution is -0.120. The number of anilines is 2. The first-order valence-electron chi connectivity index (χ1n) is 7.40. The van der Waals surface area contributed by atoms with Crippen molar-refractivity contribution >= 4 is 17.3 Å². The van der Waals surface area contributed by atoms with E-state index in [1.165, 1.54) is 0 Å². The molecule has 0 aliphatic carbocycles. The van der Waals surface area contributed by atoms with Crippen molar-refractivity contribution in [2.24, 2.45) is 0 Å². The van der Waals surface area contributed by atoms with E-state index in [4.69, 9.17) is 5.73 Å². The van der Waals surface area contributed by atoms with Gasteiger partial charge in [-0.2, -0.15) is 0 Å². The third-order valence-corrected chi connectivity index (χ3v) is 3.46. The lowest BCUT2D eigenvalue weighted by Crippen LogP contribution is -2.42. The highest BCUT2D eigenvalue weighted by atomic mass is 16.2. The van der Waals surface area contributed by atoms with E-state index in [9.17, 15) is 4.79 Å². The van der Waals surface area contributed by atoms with Crippen molar-refractivity contribution in [1.29, 1.82) is 0 Å². The van der Waals surface area contributed by atoms with E-state index in [0.717, 1.165) is 37.2 Å². The van der Waals surface area contributed by atoms with Crippen LogP contribution in [0.4, 0.5) is 11.4 Å². The summed E-state index contributed by atoms with van der Waals surface area (Å²) in [7, 11) is 0. The van der Waals surface area contributed by atoms with Crippen LogP contribution in [0.2, 0.25) is 0 Å². The van der Waals surface area contributed by atoms with Crippen molar-refractivity contribution in [3.05, 3.63) is 23.8 Å². The minimum absolute atomic E-state index is 0.0415. The van der Waals surface area contributed by atoms with Crippen molar-refractivity contribution in [1.82, 2.24) is 4.90 Å². The molecule has 112 valence electrons. The van der Waals surface area contributed by atoms with Gasteiger partial charge in [0, 0.05) is 11.4 Å². The molecule has 1 atom stereocenters. The molecule has 1 amide bonds. The van der Waals surface area contributed by atoms with Crippen molar-refractivity contribution in [2.45, 2.75) is 46.6 Å². The third-order valence-electron chi connectivity index (χ3n) is 3.46. The number of carbonyl (C=O) groups is 1. The van der Waals surface area contributed by atoms with Gasteiger partial charge in [0.05, 0.1) is 6.04 Å². The minimum Gasteiger partial charge on any atom is -0.399 e. The maximum absolute atomic E-state index is 12.4. The first kappa shape index (κ1) is 16.5. The molecule has 0 spiro atoms. The summed E-state index contributed by atoms with van der Waals surface area (Å²) in [6, 6.07) is 5.42. The summed E-state index contributed by atoms with van der Waals surface area (Å²) in [4.78, 5) is 14.6. The number of hydrogen-bond acceptors (Lipinski definition) is 3. The average Bonchev–Trinajstić information content (AvgIpc) is 2.40. The van der Waals surface area contributed by atoms with E-state index < -0.39 is 0 Å². The van der Waals surface area contributed by atoms with Gasteiger partial charge < -0.3 is 11.1 Å². The molecular weight excluding hydrogens is 250 g/mol. The van der Waals surface area contributed by atoms with Gasteiger partial charge in [-0.1, -0.05) is 13.8 Å². The third kappa shape index (κ3) is 4.53. The number of rotatable bonds is 7. The summed E-state index contributed by atoms with van der Waals surface area (Å²) in [6.07, 6.45) is 2.11. The fourth-order valence-corrected chi connectivity index (χ4v) is 2.30. The SMILES string of the molecule is CCCN(CCC)C(C)C(=O)Nc1ccc(N)cc1C. The van der Waals surface area contributed by atoms with Gasteiger partial charge >= 0.3 is 0 Å². The molecule has 3 N–H and O–H groups in total. The van der Waals surface area contributed by atoms with Crippen molar-refractivity contribution in [2.75, 3.05) is 24.1 Å². The Morgan fingerprint density at radius 3 is 2.40 bits per heavy atom. The Balaban J connectivity index is 2.73. The van der Waals surface area contributed by atoms with E-state index in [1.807, 2.05) is 32.0 Å². The van der Waals surface area contributed by atoms with E-state index in [0.29, 0.717) is 5.69 Å². The summed E-state index contributed by atoms with van der Waals surface area (Å²) < 4.78 is 0. The zero-order valence-corrected chi connectivity index (χ0v) is 13.1. The first-order chi connectivity index (χ1) is 9.49. The van der Waals surface area contributed by atoms with Gasteiger partial charge in [0.15, 0.2) is 0 Å². The summed E-state index contributed by atoms with van der Waals surface area (Å²) in [5.74, 6) is 0.0415. The van der Waals surface area contributed by atoms with Crippen LogP contribution in [-0.4, -0.2) is 29.9 Å². The summed E-state index contributed by atoms with van der Waals surface area (Å²) in [5.41, 5.74) is 8.27. The lowest BCUT2D eigenvalue weighted by Gasteiger charge is -2.27. The van der Waals surface area contributed by atoms with Crippen LogP contribution in [0.25, 0.3) is 0 Å². The van der Waals surface area contributed by atoms with Gasteiger partial charge in [-0.05, 0) is 63.5 Å². The fourth-order valence-electron chi connectivity index (χ4n) is 2.30. The van der Waals surface area contributed by atoms with Crippen molar-refractivity contribution in [3.63, 3.8) is 0 Å². The zero-order valence-electron chi connectivity index (χ0n) is 13.1. The topological polar surface area (TPSA) is 58.4 Å². The molecule has 0 aliphatic rings. The predicted octanol–water partition coefficient (Wildman–Crippen LogP) is 3.03. The number of nitrogens with one attached hydrogen (secondary N) is 1. The number of hydrogen-bond donors (Lipinski definition) is 2. The Kier molecular flexibility index (Phi) is 6.52. The Bertz CT molecular complexity index is 439. The number of carbonyl (C=O) groups excluding carboxylic acids is 1. The highest BCUT2D eigenvalue weighted by Gasteiger charge is 2.20. The molecule has 4 nitrogen and oxygen atoms in total. The van der Waals surface area contributed by atoms with Crippen LogP contribution in [0.5, 0.6) is 0 Å². The van der Waals surface area contributed by atoms with Gasteiger partial charge in [0.2, 0.25) is 5.91 Å². The molecular formula is C16H27N3O. The number of nitrogen functional groups attached to an aromatic ring is 1. The van der Waals surface area contributed by atoms with Gasteiger partial charge in [-0.15, -0.1) is 0 Å². The first-order valence-corrected chi connectivity index (χ1v) is 7.40. The maximum Gasteiger partial charge on any atom is 0.241 e. The van der Waals surface area contributed by atoms with Crippen molar-refractivity contribution in [3.8, 4) is 0 Å². The number of amides is 1. The van der Waals surface area contributed by atoms with E-state index in [1.54, 1.807) is 0 Å². The van der Waals surface area contributed by atoms with Crippen LogP contribution >= 0.6 is 0 Å². The molecule has 0 saturated heterocycles. The quantitative estimate of drug-likeness (QED) is 0.753. The normalized spacial score (nSPS) is 12.4. The minimum atomic E-state index is -0.119. The van der Waals surface area contributed by atoms with E-state index in [2.05, 4.69) is 24.1 Å². The fraction of sp³-hybridized carbons (Fsp3) is 0.562. The molecule has 0 aromatic heterocycles. The smallest absolute Gasteiger partial charge is 0.241 e. The second kappa shape index (κ2) is 7.90. The predicted molar refractivity (Wildman–Crippen MR) is 85.8 cm³/mol. The molecule has 1 aromatic carbocycles. The Morgan fingerprint density at radius 2 is 1.90 bits per heavy atom. The summed E-state index contributed by atoms with van der Waals surface area (Å²) >= 11 is 0. The van der Waals surface area contributed by atoms with Crippen LogP contribution in [0.15, 0.2) is 18.2 Å². The highest BCUT2D eigenvalue weighted by molar-refractivity contribution is 5.95. The molecule has 1 aromatic rings. The molecule has 4 heteroatoms. The van der Waals surface area contributed by atoms with E-state index >= 15 is 0 Å². The van der Waals surface area contributed by atoms with Crippen LogP contribution in [0, 0.1) is 6.92 Å². The standard InChI is InChI=1S/C16H27N3O/c1-5-9-19(10-6-2)13(4)16(20)18-15-8-7-14(17)11-12(15)3/h7-8,11,13H,5-6,9-10,17H2,1-4H3,(H,18,20). The maximum atomic E-state index is 12.4. The molecule has 0 saturated carbocycles. The average molecular weight is 277 g/mol. The molecule has 0 bridgehead atoms. The van der Waals surface area contributed by atoms with Gasteiger partial charge in [-0.25, -0.2) is 0 Å². The number of nitrogens with two attached hydrogens (primary N) is 1. The summed E-state index contributed by atoms with van der Waals surface area (Å²) in [6.45, 7) is 10.1. The largest absolute Gasteiger partial charge is 0.399 e. The number of benzene rings is 1. The van der Waals surface area contributed by atoms with Gasteiger partial charge in [0.25, 0.3) is 0 Å². The molecule has 0 aliphatic heterocycles. The molecule has 0 radical (unpaired) electrons. The van der Waals surface area contributed by atoms with Gasteiger partial charge in [0.1, 0.15) is 0 Å². The second-order valence-corrected chi connectivity index (χ2v) is 5.28. The molecule has 0 fully saturated rings. The number of nitrogens with zero attached hydrogens (tertiary/aromatic N) is 1. The van der Waals surface area contributed by atoms with Crippen LogP contribution in [-0.2, 0) is 4.79 Å². The Hall–Kier alpha value is -1.55. The summed E-state index contributed by atoms with van der Waals surface area (Å²) in [5, 5.41) is 3.00. The van der Waals surface area contributed by atoms with E-state index in [-0.39, 0.29) is 11.9 Å². The molecule has 1 unspecified atom stereocenters. The van der Waals surface area contributed by atoms with Crippen molar-refractivity contribution < 1.29 is 4.79 Å².